The van der Waals surface area contributed by atoms with Gasteiger partial charge in [-0.15, -0.1) is 11.3 Å². The summed E-state index contributed by atoms with van der Waals surface area (Å²) in [5.41, 5.74) is 5.48. The van der Waals surface area contributed by atoms with E-state index < -0.39 is 5.91 Å². The van der Waals surface area contributed by atoms with Gasteiger partial charge in [0.05, 0.1) is 17.1 Å². The molecule has 2 aromatic heterocycles. The first kappa shape index (κ1) is 13.9. The highest BCUT2D eigenvalue weighted by molar-refractivity contribution is 7.19. The van der Waals surface area contributed by atoms with Gasteiger partial charge in [-0.2, -0.15) is 0 Å². The molecule has 0 spiro atoms. The molecule has 0 bridgehead atoms. The summed E-state index contributed by atoms with van der Waals surface area (Å²) >= 11 is 7.66. The Kier molecular flexibility index (Phi) is 3.53. The van der Waals surface area contributed by atoms with Crippen LogP contribution in [0.15, 0.2) is 42.6 Å². The Balaban J connectivity index is 2.05. The predicted molar refractivity (Wildman–Crippen MR) is 84.7 cm³/mol. The van der Waals surface area contributed by atoms with Gasteiger partial charge in [-0.05, 0) is 23.6 Å². The molecule has 3 N–H and O–H groups in total. The number of halogens is 1. The largest absolute Gasteiger partial charge is 0.365 e. The van der Waals surface area contributed by atoms with Crippen molar-refractivity contribution >= 4 is 38.9 Å². The Bertz CT molecular complexity index is 864. The predicted octanol–water partition coefficient (Wildman–Crippen LogP) is 2.98. The number of amides is 1. The maximum atomic E-state index is 11.4. The number of thiophene rings is 1. The van der Waals surface area contributed by atoms with Gasteiger partial charge in [0.25, 0.3) is 5.91 Å². The molecule has 0 fully saturated rings. The summed E-state index contributed by atoms with van der Waals surface area (Å²) in [5.74, 6) is -0.646. The van der Waals surface area contributed by atoms with Crippen LogP contribution in [0.3, 0.4) is 0 Å². The number of nitrogens with one attached hydrogen (secondary N) is 1. The first-order valence-corrected chi connectivity index (χ1v) is 7.46. The third-order valence-corrected chi connectivity index (χ3v) is 4.48. The highest BCUT2D eigenvalue weighted by atomic mass is 35.5. The maximum Gasteiger partial charge on any atom is 0.252 e. The van der Waals surface area contributed by atoms with Crippen molar-refractivity contribution in [3.05, 3.63) is 63.5 Å². The number of nitrogens with two attached hydrogens (primary N) is 1. The first-order valence-electron chi connectivity index (χ1n) is 6.26. The normalized spacial score (nSPS) is 10.9. The molecule has 21 heavy (non-hydrogen) atoms. The number of aromatic nitrogens is 1. The van der Waals surface area contributed by atoms with E-state index in [0.29, 0.717) is 11.6 Å². The van der Waals surface area contributed by atoms with Gasteiger partial charge >= 0.3 is 0 Å². The zero-order valence-electron chi connectivity index (χ0n) is 11.0. The highest BCUT2D eigenvalue weighted by Crippen LogP contribution is 2.25. The number of fused-ring (bicyclic) bond motifs is 1. The van der Waals surface area contributed by atoms with Gasteiger partial charge in [-0.3, -0.25) is 10.2 Å². The number of primary amides is 1. The molecule has 2 heterocycles. The summed E-state index contributed by atoms with van der Waals surface area (Å²) in [7, 11) is 0. The topological polar surface area (TPSA) is 71.9 Å². The number of carbonyl (C=O) groups is 1. The van der Waals surface area contributed by atoms with Crippen molar-refractivity contribution in [3.8, 4) is 0 Å². The van der Waals surface area contributed by atoms with Gasteiger partial charge < -0.3 is 10.3 Å². The fraction of sp³-hybridized carbons (Fsp3) is 0.0667. The van der Waals surface area contributed by atoms with Gasteiger partial charge in [0, 0.05) is 15.8 Å². The van der Waals surface area contributed by atoms with E-state index in [1.165, 1.54) is 16.2 Å². The van der Waals surface area contributed by atoms with Crippen molar-refractivity contribution in [1.82, 2.24) is 4.57 Å². The second-order valence-electron chi connectivity index (χ2n) is 4.66. The molecule has 0 saturated heterocycles. The van der Waals surface area contributed by atoms with Crippen LogP contribution in [0, 0.1) is 5.41 Å². The minimum absolute atomic E-state index is 0.0735. The summed E-state index contributed by atoms with van der Waals surface area (Å²) in [5, 5.41) is 9.62. The third-order valence-electron chi connectivity index (χ3n) is 3.17. The monoisotopic (exact) mass is 317 g/mol. The molecule has 0 aliphatic carbocycles. The van der Waals surface area contributed by atoms with Crippen LogP contribution in [0.25, 0.3) is 10.1 Å². The zero-order valence-corrected chi connectivity index (χ0v) is 12.5. The SMILES string of the molecule is N=c1c(C(N)=O)cc(Cl)cn1Cc1cc2ccccc2s1. The fourth-order valence-corrected chi connectivity index (χ4v) is 3.50. The van der Waals surface area contributed by atoms with E-state index in [1.807, 2.05) is 12.1 Å². The van der Waals surface area contributed by atoms with E-state index in [0.717, 1.165) is 4.88 Å². The first-order chi connectivity index (χ1) is 10.0. The number of hydrogen-bond acceptors (Lipinski definition) is 3. The van der Waals surface area contributed by atoms with Gasteiger partial charge in [-0.25, -0.2) is 0 Å². The molecule has 3 rings (SSSR count). The Labute approximate surface area is 129 Å². The molecule has 0 aliphatic heterocycles. The van der Waals surface area contributed by atoms with Crippen LogP contribution in [-0.4, -0.2) is 10.5 Å². The number of pyridine rings is 1. The van der Waals surface area contributed by atoms with Crippen molar-refractivity contribution in [2.24, 2.45) is 5.73 Å². The zero-order chi connectivity index (χ0) is 15.0. The lowest BCUT2D eigenvalue weighted by molar-refractivity contribution is 0.0998. The van der Waals surface area contributed by atoms with Crippen molar-refractivity contribution in [2.45, 2.75) is 6.54 Å². The standard InChI is InChI=1S/C15H12ClN3OS/c16-10-6-12(15(18)20)14(17)19(7-10)8-11-5-9-3-1-2-4-13(9)21-11/h1-7,17H,8H2,(H2,18,20). The van der Waals surface area contributed by atoms with Crippen LogP contribution in [0.1, 0.15) is 15.2 Å². The molecule has 1 amide bonds. The van der Waals surface area contributed by atoms with E-state index in [4.69, 9.17) is 22.7 Å². The lowest BCUT2D eigenvalue weighted by Crippen LogP contribution is -2.29. The molecule has 0 aliphatic rings. The third kappa shape index (κ3) is 2.70. The van der Waals surface area contributed by atoms with Crippen LogP contribution >= 0.6 is 22.9 Å². The quantitative estimate of drug-likeness (QED) is 0.766. The highest BCUT2D eigenvalue weighted by Gasteiger charge is 2.09. The molecule has 4 nitrogen and oxygen atoms in total. The smallest absolute Gasteiger partial charge is 0.252 e. The van der Waals surface area contributed by atoms with Crippen molar-refractivity contribution in [3.63, 3.8) is 0 Å². The van der Waals surface area contributed by atoms with Crippen molar-refractivity contribution in [1.29, 1.82) is 5.41 Å². The van der Waals surface area contributed by atoms with Gasteiger partial charge in [0.15, 0.2) is 0 Å². The number of rotatable bonds is 3. The van der Waals surface area contributed by atoms with Crippen LogP contribution in [0.5, 0.6) is 0 Å². The second kappa shape index (κ2) is 5.35. The molecular weight excluding hydrogens is 306 g/mol. The van der Waals surface area contributed by atoms with Gasteiger partial charge in [-0.1, -0.05) is 29.8 Å². The van der Waals surface area contributed by atoms with E-state index >= 15 is 0 Å². The lowest BCUT2D eigenvalue weighted by atomic mass is 10.2. The van der Waals surface area contributed by atoms with Gasteiger partial charge in [0.2, 0.25) is 0 Å². The average molecular weight is 318 g/mol. The minimum Gasteiger partial charge on any atom is -0.365 e. The maximum absolute atomic E-state index is 11.4. The number of carbonyl (C=O) groups excluding carboxylic acids is 1. The van der Waals surface area contributed by atoms with Crippen LogP contribution in [0.2, 0.25) is 5.02 Å². The molecule has 106 valence electrons. The van der Waals surface area contributed by atoms with Crippen LogP contribution in [0.4, 0.5) is 0 Å². The summed E-state index contributed by atoms with van der Waals surface area (Å²) in [6.45, 7) is 0.485. The Morgan fingerprint density at radius 1 is 1.33 bits per heavy atom. The molecule has 0 unspecified atom stereocenters. The van der Waals surface area contributed by atoms with E-state index in [-0.39, 0.29) is 11.1 Å². The fourth-order valence-electron chi connectivity index (χ4n) is 2.21. The molecule has 6 heteroatoms. The number of hydrogen-bond donors (Lipinski definition) is 2. The summed E-state index contributed by atoms with van der Waals surface area (Å²) < 4.78 is 2.82. The molecular formula is C15H12ClN3OS. The Morgan fingerprint density at radius 3 is 2.81 bits per heavy atom. The lowest BCUT2D eigenvalue weighted by Gasteiger charge is -2.08. The van der Waals surface area contributed by atoms with Gasteiger partial charge in [0.1, 0.15) is 5.49 Å². The van der Waals surface area contributed by atoms with Crippen molar-refractivity contribution < 1.29 is 4.79 Å². The van der Waals surface area contributed by atoms with Crippen molar-refractivity contribution in [2.75, 3.05) is 0 Å². The second-order valence-corrected chi connectivity index (χ2v) is 6.27. The minimum atomic E-state index is -0.646. The average Bonchev–Trinajstić information content (AvgIpc) is 2.84. The summed E-state index contributed by atoms with van der Waals surface area (Å²) in [4.78, 5) is 12.4. The molecule has 3 aromatic rings. The van der Waals surface area contributed by atoms with E-state index in [2.05, 4.69) is 18.2 Å². The number of benzene rings is 1. The molecule has 0 atom stereocenters. The van der Waals surface area contributed by atoms with Crippen LogP contribution in [-0.2, 0) is 6.54 Å². The molecule has 1 aromatic carbocycles. The van der Waals surface area contributed by atoms with Crippen LogP contribution < -0.4 is 11.2 Å². The van der Waals surface area contributed by atoms with E-state index in [1.54, 1.807) is 22.1 Å². The van der Waals surface area contributed by atoms with E-state index in [9.17, 15) is 4.79 Å². The Morgan fingerprint density at radius 2 is 2.10 bits per heavy atom. The summed E-state index contributed by atoms with van der Waals surface area (Å²) in [6, 6.07) is 11.6. The molecule has 0 saturated carbocycles. The Hall–Kier alpha value is -2.11. The number of nitrogens with zero attached hydrogens (tertiary/aromatic N) is 1. The molecule has 0 radical (unpaired) electrons. The summed E-state index contributed by atoms with van der Waals surface area (Å²) in [6.07, 6.45) is 1.64.